The lowest BCUT2D eigenvalue weighted by Gasteiger charge is -2.33. The molecule has 0 bridgehead atoms. The van der Waals surface area contributed by atoms with Crippen molar-refractivity contribution in [1.29, 1.82) is 0 Å². The van der Waals surface area contributed by atoms with Crippen molar-refractivity contribution in [2.24, 2.45) is 0 Å². The molecule has 0 aliphatic heterocycles. The van der Waals surface area contributed by atoms with Gasteiger partial charge in [-0.3, -0.25) is 4.79 Å². The lowest BCUT2D eigenvalue weighted by molar-refractivity contribution is 0.112. The third-order valence-corrected chi connectivity index (χ3v) is 16.2. The van der Waals surface area contributed by atoms with E-state index in [-0.39, 0.29) is 5.41 Å². The maximum Gasteiger partial charge on any atom is 0.160 e. The molecule has 1 aliphatic carbocycles. The minimum Gasteiger partial charge on any atom is -0.340 e. The van der Waals surface area contributed by atoms with Crippen LogP contribution < -0.4 is 9.80 Å². The maximum absolute atomic E-state index is 11.4. The van der Waals surface area contributed by atoms with Gasteiger partial charge in [-0.2, -0.15) is 0 Å². The van der Waals surface area contributed by atoms with Gasteiger partial charge in [-0.15, -0.1) is 22.7 Å². The lowest BCUT2D eigenvalue weighted by Crippen LogP contribution is -2.24. The molecule has 7 aromatic carbocycles. The molecule has 10 aromatic rings. The van der Waals surface area contributed by atoms with E-state index in [9.17, 15) is 4.79 Å². The highest BCUT2D eigenvalue weighted by Gasteiger charge is 2.41. The Morgan fingerprint density at radius 2 is 0.970 bits per heavy atom. The summed E-state index contributed by atoms with van der Waals surface area (Å²) < 4.78 is 2.55. The van der Waals surface area contributed by atoms with Crippen molar-refractivity contribution in [2.75, 3.05) is 9.80 Å². The van der Waals surface area contributed by atoms with Crippen LogP contribution >= 0.6 is 22.7 Å². The highest BCUT2D eigenvalue weighted by molar-refractivity contribution is 7.24. The summed E-state index contributed by atoms with van der Waals surface area (Å²) in [7, 11) is 0. The molecule has 0 saturated heterocycles. The predicted octanol–water partition coefficient (Wildman–Crippen LogP) is 17.9. The van der Waals surface area contributed by atoms with Crippen molar-refractivity contribution in [2.45, 2.75) is 58.4 Å². The summed E-state index contributed by atoms with van der Waals surface area (Å²) >= 11 is 3.34. The fourth-order valence-corrected chi connectivity index (χ4v) is 12.4. The Morgan fingerprint density at radius 3 is 1.52 bits per heavy atom. The number of unbranched alkanes of at least 4 members (excludes halogenated alkanes) is 1. The lowest BCUT2D eigenvalue weighted by atomic mass is 9.73. The number of fused-ring (bicyclic) bond motifs is 6. The molecule has 0 N–H and O–H groups in total. The van der Waals surface area contributed by atoms with E-state index < -0.39 is 0 Å². The van der Waals surface area contributed by atoms with Crippen LogP contribution in [0.25, 0.3) is 53.1 Å². The summed E-state index contributed by atoms with van der Waals surface area (Å²) in [5, 5.41) is 2.55. The molecule has 0 amide bonds. The van der Waals surface area contributed by atoms with Gasteiger partial charge < -0.3 is 14.4 Å². The van der Waals surface area contributed by atoms with E-state index in [2.05, 4.69) is 217 Å². The number of aromatic nitrogens is 1. The molecule has 11 rings (SSSR count). The Labute approximate surface area is 395 Å². The SMILES string of the molecule is CCCCn1c2cc(-c3ccc(-c4ccc(C=O)s4)s3)ccc2c2ccc(N(c3ccccc3)c3ccc4c(c3)C(CC)(CC)c3cc(N(c5ccccc5)c5ccccc5)ccc3-4)cc21. The summed E-state index contributed by atoms with van der Waals surface area (Å²) in [6.45, 7) is 7.94. The van der Waals surface area contributed by atoms with Crippen molar-refractivity contribution in [1.82, 2.24) is 4.57 Å². The quantitative estimate of drug-likeness (QED) is 0.102. The molecule has 0 fully saturated rings. The zero-order valence-electron chi connectivity index (χ0n) is 37.6. The Bertz CT molecular complexity index is 3320. The van der Waals surface area contributed by atoms with E-state index in [0.29, 0.717) is 0 Å². The first-order valence-electron chi connectivity index (χ1n) is 23.3. The third-order valence-electron chi connectivity index (χ3n) is 13.8. The first-order valence-corrected chi connectivity index (χ1v) is 24.9. The van der Waals surface area contributed by atoms with Crippen LogP contribution in [0.2, 0.25) is 0 Å². The minimum atomic E-state index is -0.155. The van der Waals surface area contributed by atoms with E-state index >= 15 is 0 Å². The molecule has 4 nitrogen and oxygen atoms in total. The molecular formula is C60H51N3OS2. The second-order valence-corrected chi connectivity index (χ2v) is 19.5. The summed E-state index contributed by atoms with van der Waals surface area (Å²) in [6.07, 6.45) is 5.12. The first kappa shape index (κ1) is 41.7. The normalized spacial score (nSPS) is 12.7. The number of carbonyl (C=O) groups is 1. The number of carbonyl (C=O) groups excluding carboxylic acids is 1. The molecule has 0 unspecified atom stereocenters. The highest BCUT2D eigenvalue weighted by atomic mass is 32.1. The monoisotopic (exact) mass is 893 g/mol. The summed E-state index contributed by atoms with van der Waals surface area (Å²) in [5.74, 6) is 0. The fourth-order valence-electron chi connectivity index (χ4n) is 10.5. The molecule has 3 aromatic heterocycles. The van der Waals surface area contributed by atoms with Crippen LogP contribution in [-0.4, -0.2) is 10.9 Å². The number of thiophene rings is 2. The zero-order valence-corrected chi connectivity index (χ0v) is 39.2. The van der Waals surface area contributed by atoms with Crippen molar-refractivity contribution < 1.29 is 4.79 Å². The van der Waals surface area contributed by atoms with E-state index in [1.807, 2.05) is 6.07 Å². The van der Waals surface area contributed by atoms with Gasteiger partial charge in [0.05, 0.1) is 10.4 Å². The second kappa shape index (κ2) is 17.4. The standard InChI is InChI=1S/C60H51N3OS2/c1-4-7-35-61-55-36-41(57-33-34-59(66-57)58-32-27-48(40-64)65-58)23-28-51(55)52-31-26-47(39-56(52)61)63(44-21-15-10-16-22-44)46-25-30-50-49-29-24-45(37-53(49)60(5-2,6-3)54(50)38-46)62(42-17-11-8-12-18-42)43-19-13-9-14-20-43/h8-34,36-40H,4-7,35H2,1-3H3. The zero-order chi connectivity index (χ0) is 44.8. The van der Waals surface area contributed by atoms with Crippen LogP contribution in [0.4, 0.5) is 34.1 Å². The molecule has 0 spiro atoms. The van der Waals surface area contributed by atoms with Gasteiger partial charge in [0.2, 0.25) is 0 Å². The van der Waals surface area contributed by atoms with Crippen molar-refractivity contribution >= 4 is 84.9 Å². The number of rotatable bonds is 14. The first-order chi connectivity index (χ1) is 32.5. The van der Waals surface area contributed by atoms with Gasteiger partial charge in [0.15, 0.2) is 6.29 Å². The number of nitrogens with zero attached hydrogens (tertiary/aromatic N) is 3. The van der Waals surface area contributed by atoms with Gasteiger partial charge in [-0.25, -0.2) is 0 Å². The van der Waals surface area contributed by atoms with Gasteiger partial charge in [-0.05, 0) is 150 Å². The topological polar surface area (TPSA) is 28.5 Å². The predicted molar refractivity (Wildman–Crippen MR) is 283 cm³/mol. The van der Waals surface area contributed by atoms with Gasteiger partial charge >= 0.3 is 0 Å². The van der Waals surface area contributed by atoms with E-state index in [4.69, 9.17) is 0 Å². The Hall–Kier alpha value is -6.99. The van der Waals surface area contributed by atoms with E-state index in [1.165, 1.54) is 65.1 Å². The molecule has 324 valence electrons. The van der Waals surface area contributed by atoms with Crippen LogP contribution in [0, 0.1) is 0 Å². The summed E-state index contributed by atoms with van der Waals surface area (Å²) in [4.78, 5) is 20.6. The molecule has 6 heteroatoms. The number of hydrogen-bond donors (Lipinski definition) is 0. The molecule has 0 atom stereocenters. The average molecular weight is 894 g/mol. The molecule has 0 radical (unpaired) electrons. The summed E-state index contributed by atoms with van der Waals surface area (Å²) in [6, 6.07) is 69.1. The number of anilines is 6. The largest absolute Gasteiger partial charge is 0.340 e. The van der Waals surface area contributed by atoms with Crippen LogP contribution in [-0.2, 0) is 12.0 Å². The Kier molecular flexibility index (Phi) is 11.0. The van der Waals surface area contributed by atoms with Crippen LogP contribution in [0.15, 0.2) is 188 Å². The van der Waals surface area contributed by atoms with Gasteiger partial charge in [0, 0.05) is 77.0 Å². The number of aryl methyl sites for hydroxylation is 1. The Balaban J connectivity index is 1.02. The highest BCUT2D eigenvalue weighted by Crippen LogP contribution is 2.56. The number of aldehydes is 1. The second-order valence-electron chi connectivity index (χ2n) is 17.3. The average Bonchev–Trinajstić information content (AvgIpc) is 4.18. The van der Waals surface area contributed by atoms with Gasteiger partial charge in [0.25, 0.3) is 0 Å². The minimum absolute atomic E-state index is 0.155. The molecule has 1 aliphatic rings. The summed E-state index contributed by atoms with van der Waals surface area (Å²) in [5.41, 5.74) is 15.9. The Morgan fingerprint density at radius 1 is 0.485 bits per heavy atom. The van der Waals surface area contributed by atoms with Crippen LogP contribution in [0.1, 0.15) is 67.3 Å². The van der Waals surface area contributed by atoms with Crippen molar-refractivity contribution in [3.8, 4) is 31.3 Å². The van der Waals surface area contributed by atoms with E-state index in [0.717, 1.165) is 76.7 Å². The number of benzene rings is 7. The van der Waals surface area contributed by atoms with Gasteiger partial charge in [0.1, 0.15) is 0 Å². The number of para-hydroxylation sites is 3. The van der Waals surface area contributed by atoms with Crippen LogP contribution in [0.5, 0.6) is 0 Å². The maximum atomic E-state index is 11.4. The third kappa shape index (κ3) is 7.07. The molecular weight excluding hydrogens is 843 g/mol. The van der Waals surface area contributed by atoms with Crippen molar-refractivity contribution in [3.63, 3.8) is 0 Å². The molecule has 66 heavy (non-hydrogen) atoms. The number of hydrogen-bond acceptors (Lipinski definition) is 5. The molecule has 3 heterocycles. The smallest absolute Gasteiger partial charge is 0.160 e. The molecule has 0 saturated carbocycles. The van der Waals surface area contributed by atoms with Gasteiger partial charge in [-0.1, -0.05) is 112 Å². The fraction of sp³-hybridized carbons (Fsp3) is 0.150. The van der Waals surface area contributed by atoms with Crippen LogP contribution in [0.3, 0.4) is 0 Å². The van der Waals surface area contributed by atoms with Crippen molar-refractivity contribution in [3.05, 3.63) is 204 Å². The van der Waals surface area contributed by atoms with E-state index in [1.54, 1.807) is 22.7 Å².